The van der Waals surface area contributed by atoms with Gasteiger partial charge in [-0.25, -0.2) is 0 Å². The van der Waals surface area contributed by atoms with Crippen LogP contribution in [0.4, 0.5) is 0 Å². The first-order chi connectivity index (χ1) is 6.83. The average molecular weight is 189 g/mol. The molecule has 1 aliphatic carbocycles. The molecule has 1 aromatic carbocycles. The molecule has 0 radical (unpaired) electrons. The van der Waals surface area contributed by atoms with E-state index < -0.39 is 0 Å². The molecule has 14 heavy (non-hydrogen) atoms. The van der Waals surface area contributed by atoms with Gasteiger partial charge in [0.05, 0.1) is 0 Å². The highest BCUT2D eigenvalue weighted by Crippen LogP contribution is 2.35. The lowest BCUT2D eigenvalue weighted by atomic mass is 10.1. The molecule has 1 heterocycles. The van der Waals surface area contributed by atoms with E-state index in [2.05, 4.69) is 11.0 Å². The van der Waals surface area contributed by atoms with Gasteiger partial charge in [-0.05, 0) is 30.4 Å². The Kier molecular flexibility index (Phi) is 1.77. The van der Waals surface area contributed by atoms with Crippen molar-refractivity contribution in [3.8, 4) is 5.75 Å². The van der Waals surface area contributed by atoms with Gasteiger partial charge in [0.2, 0.25) is 0 Å². The van der Waals surface area contributed by atoms with Crippen LogP contribution in [0.15, 0.2) is 18.2 Å². The first kappa shape index (κ1) is 8.30. The molecule has 0 aromatic heterocycles. The molecular formula is C12H15NO. The number of rotatable bonds is 2. The Labute approximate surface area is 84.2 Å². The van der Waals surface area contributed by atoms with Gasteiger partial charge in [0, 0.05) is 25.2 Å². The topological polar surface area (TPSA) is 23.5 Å². The minimum absolute atomic E-state index is 0.473. The molecule has 1 N–H and O–H groups in total. The second kappa shape index (κ2) is 2.99. The number of nitrogens with zero attached hydrogens (tertiary/aromatic N) is 1. The SMILES string of the molecule is Oc1cccc2c1CN(CC1CC1)C2. The van der Waals surface area contributed by atoms with Crippen molar-refractivity contribution in [2.24, 2.45) is 5.92 Å². The van der Waals surface area contributed by atoms with Gasteiger partial charge in [-0.2, -0.15) is 0 Å². The lowest BCUT2D eigenvalue weighted by Gasteiger charge is -2.13. The summed E-state index contributed by atoms with van der Waals surface area (Å²) in [4.78, 5) is 2.45. The number of aromatic hydroxyl groups is 1. The lowest BCUT2D eigenvalue weighted by molar-refractivity contribution is 0.270. The minimum Gasteiger partial charge on any atom is -0.508 e. The number of phenols is 1. The number of phenolic OH excluding ortho intramolecular Hbond substituents is 1. The van der Waals surface area contributed by atoms with Crippen molar-refractivity contribution in [3.63, 3.8) is 0 Å². The van der Waals surface area contributed by atoms with E-state index in [0.717, 1.165) is 24.6 Å². The van der Waals surface area contributed by atoms with Crippen LogP contribution in [0.1, 0.15) is 24.0 Å². The summed E-state index contributed by atoms with van der Waals surface area (Å²) >= 11 is 0. The van der Waals surface area contributed by atoms with Gasteiger partial charge >= 0.3 is 0 Å². The molecule has 2 aliphatic rings. The molecule has 0 saturated heterocycles. The predicted molar refractivity (Wildman–Crippen MR) is 54.9 cm³/mol. The fraction of sp³-hybridized carbons (Fsp3) is 0.500. The standard InChI is InChI=1S/C12H15NO/c14-12-3-1-2-10-7-13(8-11(10)12)6-9-4-5-9/h1-3,9,14H,4-8H2. The van der Waals surface area contributed by atoms with E-state index in [1.165, 1.54) is 24.9 Å². The average Bonchev–Trinajstić information content (AvgIpc) is 2.84. The summed E-state index contributed by atoms with van der Waals surface area (Å²) in [5.74, 6) is 1.41. The highest BCUT2D eigenvalue weighted by atomic mass is 16.3. The molecule has 74 valence electrons. The first-order valence-electron chi connectivity index (χ1n) is 5.35. The molecule has 0 amide bonds. The molecule has 0 unspecified atom stereocenters. The van der Waals surface area contributed by atoms with Gasteiger partial charge in [-0.3, -0.25) is 4.90 Å². The largest absolute Gasteiger partial charge is 0.508 e. The van der Waals surface area contributed by atoms with E-state index in [0.29, 0.717) is 5.75 Å². The molecule has 1 saturated carbocycles. The summed E-state index contributed by atoms with van der Waals surface area (Å²) in [5, 5.41) is 9.67. The quantitative estimate of drug-likeness (QED) is 0.770. The summed E-state index contributed by atoms with van der Waals surface area (Å²) in [5.41, 5.74) is 2.46. The van der Waals surface area contributed by atoms with E-state index in [1.807, 2.05) is 6.07 Å². The van der Waals surface area contributed by atoms with Crippen LogP contribution < -0.4 is 0 Å². The van der Waals surface area contributed by atoms with Crippen molar-refractivity contribution in [3.05, 3.63) is 29.3 Å². The van der Waals surface area contributed by atoms with Crippen LogP contribution in [0, 0.1) is 5.92 Å². The molecule has 0 atom stereocenters. The number of benzene rings is 1. The molecule has 2 heteroatoms. The van der Waals surface area contributed by atoms with E-state index in [1.54, 1.807) is 6.07 Å². The molecule has 2 nitrogen and oxygen atoms in total. The Bertz CT molecular complexity index is 357. The van der Waals surface area contributed by atoms with Gasteiger partial charge in [-0.1, -0.05) is 12.1 Å². The minimum atomic E-state index is 0.473. The van der Waals surface area contributed by atoms with Crippen molar-refractivity contribution < 1.29 is 5.11 Å². The van der Waals surface area contributed by atoms with Crippen molar-refractivity contribution in [2.45, 2.75) is 25.9 Å². The Morgan fingerprint density at radius 3 is 2.86 bits per heavy atom. The highest BCUT2D eigenvalue weighted by molar-refractivity contribution is 5.41. The van der Waals surface area contributed by atoms with Gasteiger partial charge < -0.3 is 5.11 Å². The van der Waals surface area contributed by atoms with Crippen LogP contribution in [0.2, 0.25) is 0 Å². The molecule has 1 fully saturated rings. The number of fused-ring (bicyclic) bond motifs is 1. The summed E-state index contributed by atoms with van der Waals surface area (Å²) in [6.07, 6.45) is 2.80. The molecule has 3 rings (SSSR count). The second-order valence-electron chi connectivity index (χ2n) is 4.53. The van der Waals surface area contributed by atoms with Gasteiger partial charge in [0.25, 0.3) is 0 Å². The lowest BCUT2D eigenvalue weighted by Crippen LogP contribution is -2.18. The van der Waals surface area contributed by atoms with Crippen molar-refractivity contribution in [1.82, 2.24) is 4.90 Å². The zero-order valence-corrected chi connectivity index (χ0v) is 8.24. The Morgan fingerprint density at radius 1 is 1.29 bits per heavy atom. The van der Waals surface area contributed by atoms with Crippen LogP contribution in [-0.4, -0.2) is 16.6 Å². The maximum atomic E-state index is 9.67. The summed E-state index contributed by atoms with van der Waals surface area (Å²) in [7, 11) is 0. The van der Waals surface area contributed by atoms with Crippen molar-refractivity contribution in [1.29, 1.82) is 0 Å². The van der Waals surface area contributed by atoms with Crippen LogP contribution in [0.5, 0.6) is 5.75 Å². The van der Waals surface area contributed by atoms with E-state index in [-0.39, 0.29) is 0 Å². The Balaban J connectivity index is 1.78. The predicted octanol–water partition coefficient (Wildman–Crippen LogP) is 2.12. The number of hydrogen-bond donors (Lipinski definition) is 1. The fourth-order valence-electron chi connectivity index (χ4n) is 2.27. The summed E-state index contributed by atoms with van der Waals surface area (Å²) in [6, 6.07) is 5.86. The maximum Gasteiger partial charge on any atom is 0.120 e. The number of hydrogen-bond acceptors (Lipinski definition) is 2. The zero-order chi connectivity index (χ0) is 9.54. The zero-order valence-electron chi connectivity index (χ0n) is 8.24. The van der Waals surface area contributed by atoms with Crippen LogP contribution in [0.25, 0.3) is 0 Å². The van der Waals surface area contributed by atoms with E-state index in [4.69, 9.17) is 0 Å². The van der Waals surface area contributed by atoms with Gasteiger partial charge in [-0.15, -0.1) is 0 Å². The third-order valence-corrected chi connectivity index (χ3v) is 3.24. The third-order valence-electron chi connectivity index (χ3n) is 3.24. The molecule has 0 spiro atoms. The summed E-state index contributed by atoms with van der Waals surface area (Å²) < 4.78 is 0. The molecular weight excluding hydrogens is 174 g/mol. The first-order valence-corrected chi connectivity index (χ1v) is 5.35. The van der Waals surface area contributed by atoms with Crippen molar-refractivity contribution >= 4 is 0 Å². The monoisotopic (exact) mass is 189 g/mol. The Hall–Kier alpha value is -1.02. The molecule has 0 bridgehead atoms. The van der Waals surface area contributed by atoms with Crippen LogP contribution >= 0.6 is 0 Å². The van der Waals surface area contributed by atoms with Crippen LogP contribution in [-0.2, 0) is 13.1 Å². The smallest absolute Gasteiger partial charge is 0.120 e. The highest BCUT2D eigenvalue weighted by Gasteiger charge is 2.28. The summed E-state index contributed by atoms with van der Waals surface area (Å²) in [6.45, 7) is 3.19. The fourth-order valence-corrected chi connectivity index (χ4v) is 2.27. The van der Waals surface area contributed by atoms with Gasteiger partial charge in [0.15, 0.2) is 0 Å². The normalized spacial score (nSPS) is 21.1. The Morgan fingerprint density at radius 2 is 2.14 bits per heavy atom. The van der Waals surface area contributed by atoms with Gasteiger partial charge in [0.1, 0.15) is 5.75 Å². The van der Waals surface area contributed by atoms with E-state index in [9.17, 15) is 5.11 Å². The van der Waals surface area contributed by atoms with E-state index >= 15 is 0 Å². The van der Waals surface area contributed by atoms with Crippen LogP contribution in [0.3, 0.4) is 0 Å². The molecule has 1 aliphatic heterocycles. The van der Waals surface area contributed by atoms with Crippen molar-refractivity contribution in [2.75, 3.05) is 6.54 Å². The molecule has 1 aromatic rings. The second-order valence-corrected chi connectivity index (χ2v) is 4.53. The third kappa shape index (κ3) is 1.40. The maximum absolute atomic E-state index is 9.67.